The van der Waals surface area contributed by atoms with Gasteiger partial charge in [-0.15, -0.1) is 11.3 Å². The average Bonchev–Trinajstić information content (AvgIpc) is 3.31. The largest absolute Gasteiger partial charge is 0.457 e. The topological polar surface area (TPSA) is 179 Å². The van der Waals surface area contributed by atoms with Crippen LogP contribution >= 0.6 is 11.3 Å². The molecule has 2 atom stereocenters. The van der Waals surface area contributed by atoms with E-state index in [1.165, 1.54) is 19.2 Å². The van der Waals surface area contributed by atoms with Crippen LogP contribution in [0.4, 0.5) is 9.93 Å². The first-order valence-electron chi connectivity index (χ1n) is 15.2. The SMILES string of the molecule is CC(C)(C)OC(=O)Nc1nc(/C(=N/OC(C)(C)C(=O)OC(C)(C)C)C(=O)N[C@@H]2C(=O)N[C@@H]2CNCCO[Si](C)(C)C(C)(C)C)cs1. The second-order valence-corrected chi connectivity index (χ2v) is 20.8. The van der Waals surface area contributed by atoms with Crippen molar-refractivity contribution in [2.75, 3.05) is 25.0 Å². The molecule has 1 fully saturated rings. The van der Waals surface area contributed by atoms with Gasteiger partial charge in [-0.1, -0.05) is 25.9 Å². The van der Waals surface area contributed by atoms with Crippen LogP contribution in [0.3, 0.4) is 0 Å². The van der Waals surface area contributed by atoms with Gasteiger partial charge in [0, 0.05) is 25.1 Å². The smallest absolute Gasteiger partial charge is 0.413 e. The number of aromatic nitrogens is 1. The molecule has 3 amide bonds. The van der Waals surface area contributed by atoms with Gasteiger partial charge in [-0.3, -0.25) is 14.9 Å². The van der Waals surface area contributed by atoms with Crippen LogP contribution in [0.1, 0.15) is 81.9 Å². The number of nitrogens with zero attached hydrogens (tertiary/aromatic N) is 2. The van der Waals surface area contributed by atoms with Crippen LogP contribution in [-0.2, 0) is 33.1 Å². The molecule has 260 valence electrons. The molecule has 1 aromatic heterocycles. The van der Waals surface area contributed by atoms with Crippen molar-refractivity contribution in [2.45, 2.75) is 123 Å². The van der Waals surface area contributed by atoms with Crippen LogP contribution in [-0.4, -0.2) is 91.5 Å². The Morgan fingerprint density at radius 1 is 1.00 bits per heavy atom. The lowest BCUT2D eigenvalue weighted by molar-refractivity contribution is -0.179. The summed E-state index contributed by atoms with van der Waals surface area (Å²) in [5, 5.41) is 17.0. The van der Waals surface area contributed by atoms with Crippen molar-refractivity contribution in [3.8, 4) is 0 Å². The molecule has 1 aromatic rings. The molecule has 0 aliphatic carbocycles. The van der Waals surface area contributed by atoms with Crippen molar-refractivity contribution in [3.05, 3.63) is 11.1 Å². The Balaban J connectivity index is 2.18. The molecular formula is C30H52N6O8SSi. The number of carbonyl (C=O) groups is 4. The van der Waals surface area contributed by atoms with Gasteiger partial charge in [0.05, 0.1) is 6.04 Å². The molecule has 0 aromatic carbocycles. The van der Waals surface area contributed by atoms with Crippen molar-refractivity contribution in [3.63, 3.8) is 0 Å². The summed E-state index contributed by atoms with van der Waals surface area (Å²) >= 11 is 1.03. The standard InChI is InChI=1S/C30H52N6O8SSi/c1-27(2,3)42-24(39)30(10,11)44-36-21(19-17-45-25(33-19)35-26(40)43-28(4,5)6)23(38)34-20-18(32-22(20)37)16-31-14-15-41-46(12,13)29(7,8)9/h17-18,20,31H,14-16H2,1-13H3,(H,32,37)(H,34,38)(H,33,35,40)/b36-21-/t18-,20+/m1/s1. The maximum Gasteiger partial charge on any atom is 0.413 e. The summed E-state index contributed by atoms with van der Waals surface area (Å²) in [5.41, 5.74) is -3.34. The van der Waals surface area contributed by atoms with Gasteiger partial charge >= 0.3 is 12.1 Å². The number of amides is 3. The van der Waals surface area contributed by atoms with E-state index in [0.717, 1.165) is 11.3 Å². The predicted molar refractivity (Wildman–Crippen MR) is 179 cm³/mol. The fraction of sp³-hybridized carbons (Fsp3) is 0.733. The Hall–Kier alpha value is -3.08. The van der Waals surface area contributed by atoms with E-state index in [2.05, 4.69) is 65.3 Å². The van der Waals surface area contributed by atoms with E-state index in [1.807, 2.05) is 0 Å². The molecule has 2 heterocycles. The van der Waals surface area contributed by atoms with Crippen LogP contribution in [0.15, 0.2) is 10.5 Å². The maximum absolute atomic E-state index is 13.6. The number of oxime groups is 1. The number of rotatable bonds is 13. The summed E-state index contributed by atoms with van der Waals surface area (Å²) in [4.78, 5) is 60.9. The molecule has 1 saturated heterocycles. The first-order valence-corrected chi connectivity index (χ1v) is 19.0. The zero-order chi connectivity index (χ0) is 35.3. The van der Waals surface area contributed by atoms with Crippen LogP contribution < -0.4 is 21.3 Å². The van der Waals surface area contributed by atoms with Gasteiger partial charge in [-0.05, 0) is 73.5 Å². The highest BCUT2D eigenvalue weighted by Gasteiger charge is 2.42. The van der Waals surface area contributed by atoms with Crippen molar-refractivity contribution < 1.29 is 37.9 Å². The fourth-order valence-electron chi connectivity index (χ4n) is 3.47. The Morgan fingerprint density at radius 3 is 2.15 bits per heavy atom. The van der Waals surface area contributed by atoms with E-state index >= 15 is 0 Å². The number of carbonyl (C=O) groups excluding carboxylic acids is 4. The van der Waals surface area contributed by atoms with Crippen molar-refractivity contribution >= 4 is 54.4 Å². The van der Waals surface area contributed by atoms with E-state index in [1.54, 1.807) is 41.5 Å². The van der Waals surface area contributed by atoms with Crippen LogP contribution in [0.5, 0.6) is 0 Å². The van der Waals surface area contributed by atoms with E-state index < -0.39 is 49.1 Å². The summed E-state index contributed by atoms with van der Waals surface area (Å²) in [7, 11) is -1.88. The number of anilines is 1. The Kier molecular flexibility index (Phi) is 12.6. The summed E-state index contributed by atoms with van der Waals surface area (Å²) in [6.07, 6.45) is -0.727. The van der Waals surface area contributed by atoms with Gasteiger partial charge in [0.1, 0.15) is 22.9 Å². The quantitative estimate of drug-likeness (QED) is 0.0594. The number of thiazole rings is 1. The molecule has 0 bridgehead atoms. The van der Waals surface area contributed by atoms with Crippen LogP contribution in [0.2, 0.25) is 18.1 Å². The summed E-state index contributed by atoms with van der Waals surface area (Å²) in [5.74, 6) is -1.83. The van der Waals surface area contributed by atoms with Gasteiger partial charge in [0.2, 0.25) is 11.5 Å². The van der Waals surface area contributed by atoms with Gasteiger partial charge < -0.3 is 34.7 Å². The molecule has 1 aliphatic rings. The third-order valence-corrected chi connectivity index (χ3v) is 12.3. The lowest BCUT2D eigenvalue weighted by Gasteiger charge is -2.38. The molecule has 0 radical (unpaired) electrons. The highest BCUT2D eigenvalue weighted by Crippen LogP contribution is 2.36. The van der Waals surface area contributed by atoms with Gasteiger partial charge in [0.25, 0.3) is 5.91 Å². The molecule has 1 aliphatic heterocycles. The monoisotopic (exact) mass is 684 g/mol. The van der Waals surface area contributed by atoms with Crippen molar-refractivity contribution in [1.29, 1.82) is 0 Å². The van der Waals surface area contributed by atoms with Gasteiger partial charge in [-0.25, -0.2) is 14.6 Å². The number of β-lactam (4-membered cyclic amide) rings is 1. The molecule has 0 saturated carbocycles. The fourth-order valence-corrected chi connectivity index (χ4v) is 5.20. The predicted octanol–water partition coefficient (Wildman–Crippen LogP) is 3.93. The van der Waals surface area contributed by atoms with Gasteiger partial charge in [-0.2, -0.15) is 0 Å². The first kappa shape index (κ1) is 39.1. The first-order chi connectivity index (χ1) is 20.8. The van der Waals surface area contributed by atoms with E-state index in [4.69, 9.17) is 18.7 Å². The van der Waals surface area contributed by atoms with Gasteiger partial charge in [0.15, 0.2) is 19.2 Å². The van der Waals surface area contributed by atoms with Crippen molar-refractivity contribution in [1.82, 2.24) is 20.9 Å². The third kappa shape index (κ3) is 11.9. The minimum absolute atomic E-state index is 0.0470. The number of nitrogens with one attached hydrogen (secondary N) is 4. The molecule has 0 unspecified atom stereocenters. The van der Waals surface area contributed by atoms with Crippen LogP contribution in [0, 0.1) is 0 Å². The zero-order valence-corrected chi connectivity index (χ0v) is 31.2. The summed E-state index contributed by atoms with van der Waals surface area (Å²) in [6.45, 7) is 25.6. The lowest BCUT2D eigenvalue weighted by atomic mass is 9.98. The Bertz CT molecular complexity index is 1290. The summed E-state index contributed by atoms with van der Waals surface area (Å²) < 4.78 is 16.9. The van der Waals surface area contributed by atoms with E-state index in [-0.39, 0.29) is 33.5 Å². The number of hydrogen-bond donors (Lipinski definition) is 4. The second kappa shape index (κ2) is 14.8. The number of hydrogen-bond acceptors (Lipinski definition) is 12. The Morgan fingerprint density at radius 2 is 1.61 bits per heavy atom. The zero-order valence-electron chi connectivity index (χ0n) is 29.4. The van der Waals surface area contributed by atoms with Crippen LogP contribution in [0.25, 0.3) is 0 Å². The number of esters is 1. The molecule has 46 heavy (non-hydrogen) atoms. The highest BCUT2D eigenvalue weighted by molar-refractivity contribution is 7.14. The molecule has 2 rings (SSSR count). The molecule has 16 heteroatoms. The third-order valence-electron chi connectivity index (χ3n) is 7.04. The molecule has 0 spiro atoms. The van der Waals surface area contributed by atoms with E-state index in [0.29, 0.717) is 19.7 Å². The number of ether oxygens (including phenoxy) is 2. The highest BCUT2D eigenvalue weighted by atomic mass is 32.1. The second-order valence-electron chi connectivity index (χ2n) is 15.1. The molecule has 14 nitrogen and oxygen atoms in total. The Labute approximate surface area is 277 Å². The molecule has 4 N–H and O–H groups in total. The van der Waals surface area contributed by atoms with E-state index in [9.17, 15) is 19.2 Å². The maximum atomic E-state index is 13.6. The lowest BCUT2D eigenvalue weighted by Crippen LogP contribution is -2.72. The average molecular weight is 685 g/mol. The summed E-state index contributed by atoms with van der Waals surface area (Å²) in [6, 6.07) is -1.24. The van der Waals surface area contributed by atoms with Crippen molar-refractivity contribution in [2.24, 2.45) is 5.16 Å². The normalized spacial score (nSPS) is 17.8. The minimum atomic E-state index is -1.88. The molecular weight excluding hydrogens is 633 g/mol. The minimum Gasteiger partial charge on any atom is -0.457 e.